The highest BCUT2D eigenvalue weighted by Gasteiger charge is 2.62. The number of alkyl halides is 3. The number of aromatic nitrogens is 2. The zero-order chi connectivity index (χ0) is 39.9. The number of carbonyl (C=O) groups is 4. The maximum Gasteiger partial charge on any atom is 0.438 e. The van der Waals surface area contributed by atoms with Crippen molar-refractivity contribution in [2.75, 3.05) is 13.2 Å². The number of sulfonamides is 1. The lowest BCUT2D eigenvalue weighted by Crippen LogP contribution is -2.59. The SMILES string of the molecule is CCOc1ccc2nc(C(F)(F)F)c(O[C@@H]3C[C@H]4C(=O)N[C@]5(C(=O)NS(=O)(=O)C6CC6)C[C@H]5C=CCC[C@@H](C)C[C@@H](CC)[C@H](NC(=O)O)C(=O)N4C3)nc2c1. The summed E-state index contributed by atoms with van der Waals surface area (Å²) in [6.45, 7) is 5.33. The first-order chi connectivity index (χ1) is 25.9. The van der Waals surface area contributed by atoms with Gasteiger partial charge in [0.05, 0.1) is 29.4 Å². The Kier molecular flexibility index (Phi) is 11.2. The van der Waals surface area contributed by atoms with Crippen LogP contribution in [0.15, 0.2) is 30.4 Å². The molecule has 3 fully saturated rings. The van der Waals surface area contributed by atoms with Gasteiger partial charge in [0, 0.05) is 18.4 Å². The van der Waals surface area contributed by atoms with Crippen LogP contribution in [0.1, 0.15) is 77.8 Å². The molecular weight excluding hydrogens is 749 g/mol. The minimum atomic E-state index is -5.01. The molecule has 0 radical (unpaired) electrons. The third-order valence-electron chi connectivity index (χ3n) is 10.7. The van der Waals surface area contributed by atoms with Gasteiger partial charge < -0.3 is 30.1 Å². The van der Waals surface area contributed by atoms with Gasteiger partial charge in [-0.05, 0) is 69.4 Å². The van der Waals surface area contributed by atoms with Gasteiger partial charge in [0.2, 0.25) is 33.4 Å². The zero-order valence-electron chi connectivity index (χ0n) is 30.6. The van der Waals surface area contributed by atoms with E-state index in [1.807, 2.05) is 13.0 Å². The van der Waals surface area contributed by atoms with E-state index in [-0.39, 0.29) is 36.4 Å². The van der Waals surface area contributed by atoms with Crippen LogP contribution in [0.4, 0.5) is 18.0 Å². The van der Waals surface area contributed by atoms with E-state index in [9.17, 15) is 45.9 Å². The van der Waals surface area contributed by atoms with E-state index in [0.717, 1.165) is 4.90 Å². The Hall–Kier alpha value is -4.68. The summed E-state index contributed by atoms with van der Waals surface area (Å²) in [5.41, 5.74) is -3.18. The molecule has 4 aliphatic rings. The van der Waals surface area contributed by atoms with Gasteiger partial charge in [0.15, 0.2) is 0 Å². The van der Waals surface area contributed by atoms with Crippen molar-refractivity contribution in [2.24, 2.45) is 17.8 Å². The fourth-order valence-corrected chi connectivity index (χ4v) is 8.91. The number of nitrogens with zero attached hydrogens (tertiary/aromatic N) is 3. The highest BCUT2D eigenvalue weighted by Crippen LogP contribution is 2.46. The van der Waals surface area contributed by atoms with Gasteiger partial charge >= 0.3 is 12.3 Å². The van der Waals surface area contributed by atoms with Crippen LogP contribution < -0.4 is 24.8 Å². The van der Waals surface area contributed by atoms with Crippen molar-refractivity contribution >= 4 is 44.9 Å². The zero-order valence-corrected chi connectivity index (χ0v) is 31.4. The van der Waals surface area contributed by atoms with E-state index in [1.54, 1.807) is 19.9 Å². The Morgan fingerprint density at radius 2 is 1.85 bits per heavy atom. The van der Waals surface area contributed by atoms with Crippen molar-refractivity contribution in [3.8, 4) is 11.6 Å². The molecule has 4 N–H and O–H groups in total. The number of rotatable bonds is 9. The molecule has 2 aromatic rings. The van der Waals surface area contributed by atoms with Crippen LogP contribution in [-0.2, 0) is 30.6 Å². The maximum atomic E-state index is 14.5. The predicted octanol–water partition coefficient (Wildman–Crippen LogP) is 3.92. The minimum absolute atomic E-state index is 0.0160. The molecule has 55 heavy (non-hydrogen) atoms. The molecule has 3 heterocycles. The van der Waals surface area contributed by atoms with Gasteiger partial charge in [-0.2, -0.15) is 13.2 Å². The number of carbonyl (C=O) groups excluding carboxylic acids is 3. The van der Waals surface area contributed by atoms with Crippen molar-refractivity contribution in [3.63, 3.8) is 0 Å². The molecular formula is C36H45F3N6O9S. The summed E-state index contributed by atoms with van der Waals surface area (Å²) in [6, 6.07) is 1.38. The van der Waals surface area contributed by atoms with Gasteiger partial charge in [-0.1, -0.05) is 32.4 Å². The molecule has 6 rings (SSSR count). The molecule has 7 atom stereocenters. The van der Waals surface area contributed by atoms with Crippen LogP contribution in [0, 0.1) is 17.8 Å². The van der Waals surface area contributed by atoms with Crippen molar-refractivity contribution in [1.29, 1.82) is 0 Å². The average molecular weight is 795 g/mol. The van der Waals surface area contributed by atoms with Gasteiger partial charge in [-0.15, -0.1) is 0 Å². The Morgan fingerprint density at radius 3 is 2.51 bits per heavy atom. The molecule has 1 saturated heterocycles. The summed E-state index contributed by atoms with van der Waals surface area (Å²) < 4.78 is 82.2. The number of fused-ring (bicyclic) bond motifs is 3. The summed E-state index contributed by atoms with van der Waals surface area (Å²) in [6.07, 6.45) is -1.67. The number of benzene rings is 1. The summed E-state index contributed by atoms with van der Waals surface area (Å²) >= 11 is 0. The Labute approximate surface area is 315 Å². The number of hydrogen-bond donors (Lipinski definition) is 4. The van der Waals surface area contributed by atoms with E-state index >= 15 is 0 Å². The number of nitrogens with one attached hydrogen (secondary N) is 3. The second kappa shape index (κ2) is 15.5. The number of halogens is 3. The number of hydrogen-bond acceptors (Lipinski definition) is 10. The van der Waals surface area contributed by atoms with Gasteiger partial charge in [-0.25, -0.2) is 23.2 Å². The molecule has 2 aliphatic carbocycles. The third-order valence-corrected chi connectivity index (χ3v) is 12.5. The normalized spacial score (nSPS) is 28.9. The molecule has 4 amide bonds. The molecule has 0 unspecified atom stereocenters. The van der Waals surface area contributed by atoms with Gasteiger partial charge in [-0.3, -0.25) is 19.1 Å². The highest BCUT2D eigenvalue weighted by molar-refractivity contribution is 7.91. The second-order valence-electron chi connectivity index (χ2n) is 14.8. The van der Waals surface area contributed by atoms with Crippen LogP contribution in [0.2, 0.25) is 0 Å². The molecule has 19 heteroatoms. The maximum absolute atomic E-state index is 14.5. The van der Waals surface area contributed by atoms with E-state index in [1.165, 1.54) is 18.2 Å². The van der Waals surface area contributed by atoms with Crippen LogP contribution in [0.25, 0.3) is 11.0 Å². The molecule has 2 saturated carbocycles. The van der Waals surface area contributed by atoms with Crippen molar-refractivity contribution in [3.05, 3.63) is 36.0 Å². The molecule has 0 bridgehead atoms. The van der Waals surface area contributed by atoms with Gasteiger partial charge in [0.1, 0.15) is 29.5 Å². The molecule has 1 aromatic heterocycles. The predicted molar refractivity (Wildman–Crippen MR) is 190 cm³/mol. The number of ether oxygens (including phenoxy) is 2. The number of carboxylic acid groups (broad SMARTS) is 1. The summed E-state index contributed by atoms with van der Waals surface area (Å²) in [5, 5.41) is 14.1. The van der Waals surface area contributed by atoms with E-state index in [0.29, 0.717) is 44.3 Å². The topological polar surface area (TPSA) is 206 Å². The second-order valence-corrected chi connectivity index (χ2v) is 16.8. The first-order valence-electron chi connectivity index (χ1n) is 18.5. The lowest BCUT2D eigenvalue weighted by Gasteiger charge is -2.33. The fraction of sp³-hybridized carbons (Fsp3) is 0.611. The van der Waals surface area contributed by atoms with Crippen LogP contribution >= 0.6 is 0 Å². The molecule has 2 aliphatic heterocycles. The van der Waals surface area contributed by atoms with Crippen molar-refractivity contribution < 1.29 is 55.3 Å². The fourth-order valence-electron chi connectivity index (χ4n) is 7.55. The molecule has 15 nitrogen and oxygen atoms in total. The van der Waals surface area contributed by atoms with Crippen molar-refractivity contribution in [1.82, 2.24) is 30.2 Å². The van der Waals surface area contributed by atoms with Crippen LogP contribution in [0.5, 0.6) is 11.6 Å². The standard InChI is InChI=1S/C36H45F3N6O9S/c1-4-20-14-19(3)8-6-7-9-21-17-35(21,33(48)44-55(51,52)24-11-12-24)43-30(46)27-16-23(18-45(27)32(47)28(20)42-34(49)50)54-31-29(36(37,38)39)40-25-13-10-22(53-5-2)15-26(25)41-31/h7,9-10,13,15,19-21,23-24,27-28,42H,4-6,8,11-12,14,16-18H2,1-3H3,(H,43,46)(H,44,48)(H,49,50)/t19-,20-,21-,23-,27+,28+,35-/m1/s1. The summed E-state index contributed by atoms with van der Waals surface area (Å²) in [7, 11) is -4.01. The highest BCUT2D eigenvalue weighted by atomic mass is 32.2. The van der Waals surface area contributed by atoms with Crippen molar-refractivity contribution in [2.45, 2.75) is 107 Å². The third kappa shape index (κ3) is 8.75. The average Bonchev–Trinajstić information content (AvgIpc) is 4.04. The first-order valence-corrected chi connectivity index (χ1v) is 20.0. The molecule has 300 valence electrons. The van der Waals surface area contributed by atoms with E-state index in [2.05, 4.69) is 25.3 Å². The lowest BCUT2D eigenvalue weighted by atomic mass is 9.85. The molecule has 1 aromatic carbocycles. The van der Waals surface area contributed by atoms with Crippen LogP contribution in [0.3, 0.4) is 0 Å². The Balaban J connectivity index is 1.38. The number of amides is 4. The number of allylic oxidation sites excluding steroid dienone is 1. The monoisotopic (exact) mass is 794 g/mol. The smallest absolute Gasteiger partial charge is 0.438 e. The minimum Gasteiger partial charge on any atom is -0.494 e. The van der Waals surface area contributed by atoms with Gasteiger partial charge in [0.25, 0.3) is 5.91 Å². The summed E-state index contributed by atoms with van der Waals surface area (Å²) in [5.74, 6) is -4.28. The quantitative estimate of drug-likeness (QED) is 0.268. The Bertz CT molecular complexity index is 1980. The summed E-state index contributed by atoms with van der Waals surface area (Å²) in [4.78, 5) is 63.4. The molecule has 0 spiro atoms. The Morgan fingerprint density at radius 1 is 1.11 bits per heavy atom. The van der Waals surface area contributed by atoms with Crippen LogP contribution in [-0.4, -0.2) is 94.3 Å². The van der Waals surface area contributed by atoms with E-state index in [4.69, 9.17) is 9.47 Å². The van der Waals surface area contributed by atoms with E-state index < -0.39 is 98.9 Å². The lowest BCUT2D eigenvalue weighted by molar-refractivity contribution is -0.143. The largest absolute Gasteiger partial charge is 0.494 e. The first kappa shape index (κ1) is 40.0.